The summed E-state index contributed by atoms with van der Waals surface area (Å²) in [5.41, 5.74) is -2.26. The van der Waals surface area contributed by atoms with Gasteiger partial charge in [-0.1, -0.05) is 29.8 Å². The maximum atomic E-state index is 13.6. The fourth-order valence-corrected chi connectivity index (χ4v) is 4.07. The highest BCUT2D eigenvalue weighted by molar-refractivity contribution is 6.33. The first kappa shape index (κ1) is 24.8. The molecule has 0 fully saturated rings. The van der Waals surface area contributed by atoms with Crippen LogP contribution < -0.4 is 4.74 Å². The third kappa shape index (κ3) is 5.37. The van der Waals surface area contributed by atoms with Gasteiger partial charge in [0.2, 0.25) is 5.88 Å². The summed E-state index contributed by atoms with van der Waals surface area (Å²) in [4.78, 5) is 18.9. The van der Waals surface area contributed by atoms with Crippen molar-refractivity contribution in [3.8, 4) is 17.0 Å². The van der Waals surface area contributed by atoms with Crippen LogP contribution in [0.1, 0.15) is 33.5 Å². The van der Waals surface area contributed by atoms with Gasteiger partial charge >= 0.3 is 12.4 Å². The number of aromatic nitrogens is 1. The van der Waals surface area contributed by atoms with Crippen LogP contribution in [0.3, 0.4) is 0 Å². The Kier molecular flexibility index (Phi) is 6.68. The number of pyridine rings is 1. The molecule has 1 aliphatic rings. The molecule has 1 amide bonds. The van der Waals surface area contributed by atoms with E-state index < -0.39 is 35.9 Å². The minimum absolute atomic E-state index is 0.0112. The molecule has 1 aromatic heterocycles. The molecule has 0 atom stereocenters. The summed E-state index contributed by atoms with van der Waals surface area (Å²) in [5, 5.41) is 0.343. The number of rotatable bonds is 3. The average molecular weight is 515 g/mol. The molecule has 4 rings (SSSR count). The number of fused-ring (bicyclic) bond motifs is 1. The summed E-state index contributed by atoms with van der Waals surface area (Å²) in [5.74, 6) is -0.633. The van der Waals surface area contributed by atoms with Crippen molar-refractivity contribution in [1.29, 1.82) is 0 Å². The molecule has 4 nitrogen and oxygen atoms in total. The van der Waals surface area contributed by atoms with Crippen molar-refractivity contribution >= 4 is 17.5 Å². The van der Waals surface area contributed by atoms with E-state index in [0.717, 1.165) is 0 Å². The van der Waals surface area contributed by atoms with Crippen LogP contribution in [0.25, 0.3) is 11.1 Å². The maximum absolute atomic E-state index is 13.6. The summed E-state index contributed by atoms with van der Waals surface area (Å²) in [6.45, 7) is -0.277. The van der Waals surface area contributed by atoms with Gasteiger partial charge in [-0.15, -0.1) is 0 Å². The molecule has 3 aromatic rings. The van der Waals surface area contributed by atoms with Crippen molar-refractivity contribution in [2.24, 2.45) is 0 Å². The Morgan fingerprint density at radius 1 is 0.943 bits per heavy atom. The highest BCUT2D eigenvalue weighted by atomic mass is 35.5. The minimum atomic E-state index is -4.99. The normalized spacial score (nSPS) is 14.7. The molecule has 0 saturated heterocycles. The number of alkyl halides is 6. The van der Waals surface area contributed by atoms with Crippen LogP contribution in [-0.4, -0.2) is 28.9 Å². The molecule has 0 spiro atoms. The Balaban J connectivity index is 1.78. The van der Waals surface area contributed by atoms with E-state index in [9.17, 15) is 31.1 Å². The summed E-state index contributed by atoms with van der Waals surface area (Å²) >= 11 is 6.31. The lowest BCUT2D eigenvalue weighted by atomic mass is 9.99. The van der Waals surface area contributed by atoms with E-state index in [-0.39, 0.29) is 36.2 Å². The predicted octanol–water partition coefficient (Wildman–Crippen LogP) is 6.86. The first-order chi connectivity index (χ1) is 16.4. The molecule has 11 heteroatoms. The van der Waals surface area contributed by atoms with E-state index in [2.05, 4.69) is 4.98 Å². The van der Waals surface area contributed by atoms with Crippen LogP contribution in [0.15, 0.2) is 54.7 Å². The van der Waals surface area contributed by atoms with Gasteiger partial charge in [0, 0.05) is 35.4 Å². The number of ether oxygens (including phenoxy) is 1. The summed E-state index contributed by atoms with van der Waals surface area (Å²) in [6, 6.07) is 9.56. The van der Waals surface area contributed by atoms with E-state index in [1.54, 1.807) is 30.3 Å². The van der Waals surface area contributed by atoms with Crippen LogP contribution in [0.5, 0.6) is 5.88 Å². The molecule has 0 saturated carbocycles. The number of carbonyl (C=O) groups is 1. The van der Waals surface area contributed by atoms with Crippen LogP contribution in [0.4, 0.5) is 26.3 Å². The van der Waals surface area contributed by atoms with Gasteiger partial charge in [-0.05, 0) is 42.3 Å². The predicted molar refractivity (Wildman–Crippen MR) is 116 cm³/mol. The molecule has 0 aliphatic carbocycles. The van der Waals surface area contributed by atoms with Crippen molar-refractivity contribution in [1.82, 2.24) is 9.88 Å². The van der Waals surface area contributed by atoms with Gasteiger partial charge in [0.25, 0.3) is 5.91 Å². The van der Waals surface area contributed by atoms with Gasteiger partial charge in [-0.25, -0.2) is 4.98 Å². The molecule has 2 aromatic carbocycles. The number of nitrogens with zero attached hydrogens (tertiary/aromatic N) is 2. The van der Waals surface area contributed by atoms with Gasteiger partial charge < -0.3 is 9.64 Å². The van der Waals surface area contributed by atoms with E-state index >= 15 is 0 Å². The lowest BCUT2D eigenvalue weighted by molar-refractivity contribution is -0.143. The second-order valence-corrected chi connectivity index (χ2v) is 8.27. The zero-order valence-electron chi connectivity index (χ0n) is 17.9. The third-order valence-corrected chi connectivity index (χ3v) is 5.74. The molecular formula is C24H17ClF6N2O2. The zero-order chi connectivity index (χ0) is 25.4. The van der Waals surface area contributed by atoms with Crippen molar-refractivity contribution in [2.75, 3.05) is 13.2 Å². The molecule has 2 heterocycles. The average Bonchev–Trinajstić information content (AvgIpc) is 2.78. The summed E-state index contributed by atoms with van der Waals surface area (Å²) in [6.07, 6.45) is -8.25. The van der Waals surface area contributed by atoms with Gasteiger partial charge in [0.15, 0.2) is 0 Å². The Labute approximate surface area is 201 Å². The van der Waals surface area contributed by atoms with Crippen LogP contribution in [-0.2, 0) is 18.9 Å². The zero-order valence-corrected chi connectivity index (χ0v) is 18.6. The first-order valence-corrected chi connectivity index (χ1v) is 10.8. The van der Waals surface area contributed by atoms with Crippen LogP contribution >= 0.6 is 11.6 Å². The van der Waals surface area contributed by atoms with Gasteiger partial charge in [0.1, 0.15) is 5.56 Å². The molecule has 0 radical (unpaired) electrons. The molecule has 0 unspecified atom stereocenters. The number of benzene rings is 2. The highest BCUT2D eigenvalue weighted by Crippen LogP contribution is 2.38. The first-order valence-electron chi connectivity index (χ1n) is 10.4. The van der Waals surface area contributed by atoms with Gasteiger partial charge in [-0.2, -0.15) is 26.3 Å². The lowest BCUT2D eigenvalue weighted by Crippen LogP contribution is -2.35. The molecule has 0 bridgehead atoms. The van der Waals surface area contributed by atoms with Gasteiger partial charge in [0.05, 0.1) is 17.7 Å². The van der Waals surface area contributed by atoms with E-state index in [1.807, 2.05) is 0 Å². The highest BCUT2D eigenvalue weighted by Gasteiger charge is 2.37. The largest absolute Gasteiger partial charge is 0.477 e. The summed E-state index contributed by atoms with van der Waals surface area (Å²) < 4.78 is 85.4. The van der Waals surface area contributed by atoms with E-state index in [1.165, 1.54) is 11.1 Å². The van der Waals surface area contributed by atoms with Crippen LogP contribution in [0.2, 0.25) is 5.02 Å². The van der Waals surface area contributed by atoms with Crippen molar-refractivity contribution < 1.29 is 35.9 Å². The third-order valence-electron chi connectivity index (χ3n) is 5.41. The molecule has 0 N–H and O–H groups in total. The monoisotopic (exact) mass is 514 g/mol. The number of hydrogen-bond acceptors (Lipinski definition) is 3. The topological polar surface area (TPSA) is 42.4 Å². The fourth-order valence-electron chi connectivity index (χ4n) is 3.83. The van der Waals surface area contributed by atoms with E-state index in [4.69, 9.17) is 16.3 Å². The molecule has 184 valence electrons. The van der Waals surface area contributed by atoms with Crippen molar-refractivity contribution in [3.63, 3.8) is 0 Å². The number of hydrogen-bond donors (Lipinski definition) is 0. The Hall–Kier alpha value is -3.27. The summed E-state index contributed by atoms with van der Waals surface area (Å²) in [7, 11) is 0. The van der Waals surface area contributed by atoms with Crippen LogP contribution in [0, 0.1) is 0 Å². The van der Waals surface area contributed by atoms with Crippen molar-refractivity contribution in [3.05, 3.63) is 82.0 Å². The SMILES string of the molecule is O=C1c2c(-c3ccccc3Cl)ccnc2OCCCN1Cc1cc(C(F)(F)F)cc(C(F)(F)F)c1. The minimum Gasteiger partial charge on any atom is -0.477 e. The molecule has 1 aliphatic heterocycles. The number of halogens is 7. The maximum Gasteiger partial charge on any atom is 0.416 e. The Morgan fingerprint density at radius 3 is 2.23 bits per heavy atom. The standard InChI is InChI=1S/C24H17ClF6N2O2/c25-19-5-2-1-4-17(19)18-6-7-32-21-20(18)22(34)33(8-3-9-35-21)13-14-10-15(23(26,27)28)12-16(11-14)24(29,30)31/h1-2,4-7,10-12H,3,8-9,13H2. The second-order valence-electron chi connectivity index (χ2n) is 7.86. The second kappa shape index (κ2) is 9.41. The van der Waals surface area contributed by atoms with Crippen molar-refractivity contribution in [2.45, 2.75) is 25.3 Å². The van der Waals surface area contributed by atoms with E-state index in [0.29, 0.717) is 34.7 Å². The fraction of sp³-hybridized carbons (Fsp3) is 0.250. The Bertz CT molecular complexity index is 1230. The smallest absolute Gasteiger partial charge is 0.416 e. The van der Waals surface area contributed by atoms with Gasteiger partial charge in [-0.3, -0.25) is 4.79 Å². The lowest BCUT2D eigenvalue weighted by Gasteiger charge is -2.28. The number of amides is 1. The quantitative estimate of drug-likeness (QED) is 0.358. The Morgan fingerprint density at radius 2 is 1.60 bits per heavy atom. The number of carbonyl (C=O) groups excluding carboxylic acids is 1. The molecule has 35 heavy (non-hydrogen) atoms. The molecular weight excluding hydrogens is 498 g/mol.